The summed E-state index contributed by atoms with van der Waals surface area (Å²) in [5.74, 6) is 0.239. The van der Waals surface area contributed by atoms with Gasteiger partial charge in [-0.1, -0.05) is 12.1 Å². The number of ether oxygens (including phenoxy) is 1. The molecule has 0 saturated heterocycles. The molecule has 0 atom stereocenters. The zero-order chi connectivity index (χ0) is 20.3. The molecular weight excluding hydrogens is 373 g/mol. The zero-order valence-corrected chi connectivity index (χ0v) is 15.1. The van der Waals surface area contributed by atoms with Gasteiger partial charge in [-0.3, -0.25) is 4.79 Å². The molecule has 0 bridgehead atoms. The Balaban J connectivity index is 2.10. The lowest BCUT2D eigenvalue weighted by atomic mass is 10.1. The van der Waals surface area contributed by atoms with E-state index < -0.39 is 17.6 Å². The predicted octanol–water partition coefficient (Wildman–Crippen LogP) is 4.79. The molecule has 146 valence electrons. The van der Waals surface area contributed by atoms with Gasteiger partial charge in [0.2, 0.25) is 5.89 Å². The number of amides is 1. The van der Waals surface area contributed by atoms with Crippen LogP contribution in [0.4, 0.5) is 13.2 Å². The van der Waals surface area contributed by atoms with Gasteiger partial charge < -0.3 is 14.5 Å². The number of oxazole rings is 1. The smallest absolute Gasteiger partial charge is 0.416 e. The van der Waals surface area contributed by atoms with E-state index in [1.165, 1.54) is 19.2 Å². The summed E-state index contributed by atoms with van der Waals surface area (Å²) in [6, 6.07) is 11.3. The number of para-hydroxylation sites is 1. The van der Waals surface area contributed by atoms with E-state index in [4.69, 9.17) is 9.15 Å². The van der Waals surface area contributed by atoms with Crippen LogP contribution in [-0.2, 0) is 6.18 Å². The van der Waals surface area contributed by atoms with E-state index in [0.717, 1.165) is 12.1 Å². The van der Waals surface area contributed by atoms with E-state index in [1.807, 2.05) is 0 Å². The number of aromatic nitrogens is 1. The molecule has 0 aliphatic carbocycles. The van der Waals surface area contributed by atoms with Crippen LogP contribution in [0.1, 0.15) is 23.0 Å². The van der Waals surface area contributed by atoms with Crippen molar-refractivity contribution in [3.8, 4) is 28.5 Å². The Morgan fingerprint density at radius 1 is 1.14 bits per heavy atom. The van der Waals surface area contributed by atoms with Crippen molar-refractivity contribution >= 4 is 5.91 Å². The van der Waals surface area contributed by atoms with Crippen molar-refractivity contribution in [3.05, 3.63) is 59.8 Å². The standard InChI is InChI=1S/C20H17F3N2O3/c1-3-24-18(26)16-17(14-6-4-5-7-15(14)27-2)28-19(25-16)12-8-10-13(11-9-12)20(21,22)23/h4-11H,3H2,1-2H3,(H,24,26). The lowest BCUT2D eigenvalue weighted by molar-refractivity contribution is -0.137. The summed E-state index contributed by atoms with van der Waals surface area (Å²) in [5, 5.41) is 2.65. The van der Waals surface area contributed by atoms with Crippen LogP contribution in [0, 0.1) is 0 Å². The van der Waals surface area contributed by atoms with Gasteiger partial charge in [-0.15, -0.1) is 0 Å². The molecule has 8 heteroatoms. The molecule has 5 nitrogen and oxygen atoms in total. The van der Waals surface area contributed by atoms with Crippen LogP contribution < -0.4 is 10.1 Å². The minimum atomic E-state index is -4.44. The van der Waals surface area contributed by atoms with E-state index in [-0.39, 0.29) is 17.3 Å². The Labute approximate surface area is 159 Å². The van der Waals surface area contributed by atoms with Crippen molar-refractivity contribution in [2.24, 2.45) is 0 Å². The summed E-state index contributed by atoms with van der Waals surface area (Å²) in [6.45, 7) is 2.14. The topological polar surface area (TPSA) is 64.4 Å². The van der Waals surface area contributed by atoms with E-state index in [9.17, 15) is 18.0 Å². The monoisotopic (exact) mass is 390 g/mol. The second kappa shape index (κ2) is 7.75. The van der Waals surface area contributed by atoms with Crippen LogP contribution in [-0.4, -0.2) is 24.5 Å². The highest BCUT2D eigenvalue weighted by atomic mass is 19.4. The Hall–Kier alpha value is -3.29. The lowest BCUT2D eigenvalue weighted by Gasteiger charge is -2.07. The number of hydrogen-bond acceptors (Lipinski definition) is 4. The molecule has 1 N–H and O–H groups in total. The molecule has 0 aliphatic rings. The van der Waals surface area contributed by atoms with Gasteiger partial charge in [-0.05, 0) is 43.3 Å². The van der Waals surface area contributed by atoms with Crippen molar-refractivity contribution in [1.82, 2.24) is 10.3 Å². The quantitative estimate of drug-likeness (QED) is 0.681. The van der Waals surface area contributed by atoms with Crippen molar-refractivity contribution in [2.45, 2.75) is 13.1 Å². The normalized spacial score (nSPS) is 11.3. The largest absolute Gasteiger partial charge is 0.496 e. The number of alkyl halides is 3. The van der Waals surface area contributed by atoms with E-state index >= 15 is 0 Å². The Bertz CT molecular complexity index is 979. The molecule has 1 heterocycles. The third-order valence-electron chi connectivity index (χ3n) is 3.99. The van der Waals surface area contributed by atoms with E-state index in [2.05, 4.69) is 10.3 Å². The highest BCUT2D eigenvalue weighted by Gasteiger charge is 2.30. The van der Waals surface area contributed by atoms with E-state index in [0.29, 0.717) is 23.4 Å². The van der Waals surface area contributed by atoms with Crippen LogP contribution >= 0.6 is 0 Å². The molecule has 3 rings (SSSR count). The first-order chi connectivity index (χ1) is 13.3. The number of carbonyl (C=O) groups is 1. The zero-order valence-electron chi connectivity index (χ0n) is 15.1. The van der Waals surface area contributed by atoms with Crippen LogP contribution in [0.5, 0.6) is 5.75 Å². The number of benzene rings is 2. The van der Waals surface area contributed by atoms with Crippen LogP contribution in [0.2, 0.25) is 0 Å². The Morgan fingerprint density at radius 2 is 1.82 bits per heavy atom. The fourth-order valence-corrected chi connectivity index (χ4v) is 2.66. The molecule has 0 spiro atoms. The summed E-state index contributed by atoms with van der Waals surface area (Å²) >= 11 is 0. The van der Waals surface area contributed by atoms with Gasteiger partial charge in [0.15, 0.2) is 11.5 Å². The van der Waals surface area contributed by atoms with Gasteiger partial charge >= 0.3 is 6.18 Å². The van der Waals surface area contributed by atoms with Gasteiger partial charge in [0.1, 0.15) is 5.75 Å². The number of nitrogens with one attached hydrogen (secondary N) is 1. The first kappa shape index (κ1) is 19.5. The van der Waals surface area contributed by atoms with Gasteiger partial charge in [0, 0.05) is 12.1 Å². The third-order valence-corrected chi connectivity index (χ3v) is 3.99. The van der Waals surface area contributed by atoms with Crippen molar-refractivity contribution in [1.29, 1.82) is 0 Å². The molecule has 3 aromatic rings. The first-order valence-electron chi connectivity index (χ1n) is 8.45. The molecular formula is C20H17F3N2O3. The molecule has 0 saturated carbocycles. The lowest BCUT2D eigenvalue weighted by Crippen LogP contribution is -2.23. The molecule has 0 unspecified atom stereocenters. The van der Waals surface area contributed by atoms with E-state index in [1.54, 1.807) is 31.2 Å². The van der Waals surface area contributed by atoms with Crippen LogP contribution in [0.3, 0.4) is 0 Å². The number of carbonyl (C=O) groups excluding carboxylic acids is 1. The summed E-state index contributed by atoms with van der Waals surface area (Å²) in [4.78, 5) is 16.7. The van der Waals surface area contributed by atoms with Crippen molar-refractivity contribution in [2.75, 3.05) is 13.7 Å². The second-order valence-electron chi connectivity index (χ2n) is 5.83. The van der Waals surface area contributed by atoms with Gasteiger partial charge in [0.25, 0.3) is 5.91 Å². The number of halogens is 3. The van der Waals surface area contributed by atoms with Crippen LogP contribution in [0.25, 0.3) is 22.8 Å². The maximum atomic E-state index is 12.8. The Morgan fingerprint density at radius 3 is 2.43 bits per heavy atom. The average Bonchev–Trinajstić information content (AvgIpc) is 3.13. The SMILES string of the molecule is CCNC(=O)c1nc(-c2ccc(C(F)(F)F)cc2)oc1-c1ccccc1OC. The highest BCUT2D eigenvalue weighted by molar-refractivity contribution is 5.98. The van der Waals surface area contributed by atoms with Gasteiger partial charge in [-0.2, -0.15) is 13.2 Å². The average molecular weight is 390 g/mol. The summed E-state index contributed by atoms with van der Waals surface area (Å²) in [7, 11) is 1.48. The fraction of sp³-hybridized carbons (Fsp3) is 0.200. The molecule has 2 aromatic carbocycles. The molecule has 1 aromatic heterocycles. The van der Waals surface area contributed by atoms with Gasteiger partial charge in [0.05, 0.1) is 18.2 Å². The number of nitrogens with zero attached hydrogens (tertiary/aromatic N) is 1. The fourth-order valence-electron chi connectivity index (χ4n) is 2.66. The summed E-state index contributed by atoms with van der Waals surface area (Å²) in [5.41, 5.74) is 0.0783. The van der Waals surface area contributed by atoms with Crippen molar-refractivity contribution in [3.63, 3.8) is 0 Å². The second-order valence-corrected chi connectivity index (χ2v) is 5.83. The molecule has 0 aliphatic heterocycles. The molecule has 28 heavy (non-hydrogen) atoms. The summed E-state index contributed by atoms with van der Waals surface area (Å²) in [6.07, 6.45) is -4.44. The third kappa shape index (κ3) is 3.85. The maximum absolute atomic E-state index is 12.8. The highest BCUT2D eigenvalue weighted by Crippen LogP contribution is 2.36. The van der Waals surface area contributed by atoms with Crippen molar-refractivity contribution < 1.29 is 27.1 Å². The predicted molar refractivity (Wildman–Crippen MR) is 96.9 cm³/mol. The maximum Gasteiger partial charge on any atom is 0.416 e. The molecule has 1 amide bonds. The summed E-state index contributed by atoms with van der Waals surface area (Å²) < 4.78 is 49.4. The minimum Gasteiger partial charge on any atom is -0.496 e. The van der Waals surface area contributed by atoms with Crippen LogP contribution in [0.15, 0.2) is 52.9 Å². The minimum absolute atomic E-state index is 0.0289. The molecule has 0 fully saturated rings. The number of rotatable bonds is 5. The number of methoxy groups -OCH3 is 1. The first-order valence-corrected chi connectivity index (χ1v) is 8.45. The van der Waals surface area contributed by atoms with Gasteiger partial charge in [-0.25, -0.2) is 4.98 Å². The Kier molecular flexibility index (Phi) is 5.39. The molecule has 0 radical (unpaired) electrons. The number of hydrogen-bond donors (Lipinski definition) is 1.